The van der Waals surface area contributed by atoms with E-state index in [2.05, 4.69) is 53.7 Å². The molecule has 0 aliphatic carbocycles. The first-order valence-corrected chi connectivity index (χ1v) is 7.02. The molecule has 0 fully saturated rings. The van der Waals surface area contributed by atoms with E-state index in [-0.39, 0.29) is 6.04 Å². The average molecular weight is 285 g/mol. The first kappa shape index (κ1) is 14.5. The minimum atomic E-state index is 0.154. The predicted molar refractivity (Wildman–Crippen MR) is 87.9 cm³/mol. The van der Waals surface area contributed by atoms with E-state index in [9.17, 15) is 0 Å². The summed E-state index contributed by atoms with van der Waals surface area (Å²) in [5, 5.41) is 6.93. The Hall–Kier alpha value is -1.94. The Morgan fingerprint density at radius 2 is 1.70 bits per heavy atom. The Bertz CT molecular complexity index is 576. The van der Waals surface area contributed by atoms with Gasteiger partial charge in [-0.2, -0.15) is 0 Å². The number of thiocarbonyl (C=S) groups is 1. The Morgan fingerprint density at radius 1 is 1.05 bits per heavy atom. The lowest BCUT2D eigenvalue weighted by atomic mass is 10.1. The monoisotopic (exact) mass is 285 g/mol. The summed E-state index contributed by atoms with van der Waals surface area (Å²) in [7, 11) is 0. The van der Waals surface area contributed by atoms with E-state index in [1.165, 1.54) is 11.1 Å². The molecule has 1 atom stereocenters. The maximum absolute atomic E-state index is 5.31. The van der Waals surface area contributed by atoms with E-state index in [1.54, 1.807) is 0 Å². The normalized spacial score (nSPS) is 11.8. The van der Waals surface area contributed by atoms with Gasteiger partial charge in [0.05, 0.1) is 6.04 Å². The number of aromatic nitrogens is 1. The third-order valence-electron chi connectivity index (χ3n) is 3.08. The SMILES string of the molecule is Cc1ccc([C@H](C)NC(=S)Nc2ccc(C)cn2)cc1. The molecular weight excluding hydrogens is 266 g/mol. The van der Waals surface area contributed by atoms with Gasteiger partial charge in [-0.15, -0.1) is 0 Å². The minimum Gasteiger partial charge on any atom is -0.356 e. The molecule has 0 unspecified atom stereocenters. The third kappa shape index (κ3) is 4.03. The van der Waals surface area contributed by atoms with Crippen LogP contribution < -0.4 is 10.6 Å². The Morgan fingerprint density at radius 3 is 2.30 bits per heavy atom. The molecule has 0 aliphatic heterocycles. The summed E-state index contributed by atoms with van der Waals surface area (Å²) in [6.45, 7) is 6.17. The summed E-state index contributed by atoms with van der Waals surface area (Å²) in [6, 6.07) is 12.5. The Balaban J connectivity index is 1.93. The van der Waals surface area contributed by atoms with Crippen molar-refractivity contribution < 1.29 is 0 Å². The van der Waals surface area contributed by atoms with Crippen molar-refractivity contribution in [2.75, 3.05) is 5.32 Å². The molecular formula is C16H19N3S. The largest absolute Gasteiger partial charge is 0.356 e. The molecule has 0 amide bonds. The lowest BCUT2D eigenvalue weighted by molar-refractivity contribution is 0.722. The molecule has 2 aromatic rings. The third-order valence-corrected chi connectivity index (χ3v) is 3.30. The van der Waals surface area contributed by atoms with E-state index in [4.69, 9.17) is 12.2 Å². The Labute approximate surface area is 125 Å². The number of nitrogens with zero attached hydrogens (tertiary/aromatic N) is 1. The molecule has 1 aromatic heterocycles. The molecule has 0 saturated carbocycles. The van der Waals surface area contributed by atoms with Gasteiger partial charge >= 0.3 is 0 Å². The average Bonchev–Trinajstić information content (AvgIpc) is 2.42. The summed E-state index contributed by atoms with van der Waals surface area (Å²) in [4.78, 5) is 4.27. The van der Waals surface area contributed by atoms with E-state index in [0.29, 0.717) is 5.11 Å². The van der Waals surface area contributed by atoms with Gasteiger partial charge in [0.15, 0.2) is 5.11 Å². The fourth-order valence-corrected chi connectivity index (χ4v) is 2.11. The van der Waals surface area contributed by atoms with Gasteiger partial charge in [-0.3, -0.25) is 0 Å². The number of hydrogen-bond acceptors (Lipinski definition) is 2. The summed E-state index contributed by atoms with van der Waals surface area (Å²) < 4.78 is 0. The number of anilines is 1. The Kier molecular flexibility index (Phi) is 4.69. The van der Waals surface area contributed by atoms with Gasteiger partial charge in [0.1, 0.15) is 5.82 Å². The molecule has 0 saturated heterocycles. The molecule has 1 aromatic carbocycles. The number of rotatable bonds is 3. The summed E-state index contributed by atoms with van der Waals surface area (Å²) in [5.74, 6) is 0.754. The van der Waals surface area contributed by atoms with Crippen molar-refractivity contribution in [3.63, 3.8) is 0 Å². The number of hydrogen-bond donors (Lipinski definition) is 2. The second-order valence-electron chi connectivity index (χ2n) is 4.95. The van der Waals surface area contributed by atoms with Crippen LogP contribution in [0.4, 0.5) is 5.82 Å². The smallest absolute Gasteiger partial charge is 0.172 e. The standard InChI is InChI=1S/C16H19N3S/c1-11-4-7-14(8-5-11)13(3)18-16(20)19-15-9-6-12(2)10-17-15/h4-10,13H,1-3H3,(H2,17,18,19,20)/t13-/m0/s1. The van der Waals surface area contributed by atoms with Crippen LogP contribution in [-0.4, -0.2) is 10.1 Å². The summed E-state index contributed by atoms with van der Waals surface area (Å²) >= 11 is 5.31. The number of benzene rings is 1. The van der Waals surface area contributed by atoms with Crippen LogP contribution in [0, 0.1) is 13.8 Å². The second kappa shape index (κ2) is 6.48. The van der Waals surface area contributed by atoms with Crippen LogP contribution in [-0.2, 0) is 0 Å². The molecule has 0 bridgehead atoms. The fourth-order valence-electron chi connectivity index (χ4n) is 1.83. The van der Waals surface area contributed by atoms with Crippen molar-refractivity contribution in [2.24, 2.45) is 0 Å². The minimum absolute atomic E-state index is 0.154. The topological polar surface area (TPSA) is 37.0 Å². The number of nitrogens with one attached hydrogen (secondary N) is 2. The van der Waals surface area contributed by atoms with Crippen LogP contribution in [0.5, 0.6) is 0 Å². The quantitative estimate of drug-likeness (QED) is 0.842. The lowest BCUT2D eigenvalue weighted by Crippen LogP contribution is -2.31. The van der Waals surface area contributed by atoms with Gasteiger partial charge in [0, 0.05) is 6.20 Å². The van der Waals surface area contributed by atoms with Crippen LogP contribution in [0.3, 0.4) is 0 Å². The number of aryl methyl sites for hydroxylation is 2. The van der Waals surface area contributed by atoms with Crippen LogP contribution in [0.2, 0.25) is 0 Å². The van der Waals surface area contributed by atoms with Gasteiger partial charge in [0.2, 0.25) is 0 Å². The molecule has 2 N–H and O–H groups in total. The van der Waals surface area contributed by atoms with Crippen LogP contribution >= 0.6 is 12.2 Å². The molecule has 3 nitrogen and oxygen atoms in total. The van der Waals surface area contributed by atoms with Crippen molar-refractivity contribution in [1.29, 1.82) is 0 Å². The number of pyridine rings is 1. The van der Waals surface area contributed by atoms with Gasteiger partial charge in [-0.25, -0.2) is 4.98 Å². The maximum atomic E-state index is 5.31. The van der Waals surface area contributed by atoms with Gasteiger partial charge in [-0.05, 0) is 50.2 Å². The molecule has 4 heteroatoms. The molecule has 0 aliphatic rings. The van der Waals surface area contributed by atoms with Crippen molar-refractivity contribution in [3.05, 3.63) is 59.3 Å². The maximum Gasteiger partial charge on any atom is 0.172 e. The predicted octanol–water partition coefficient (Wildman–Crippen LogP) is 3.75. The van der Waals surface area contributed by atoms with E-state index < -0.39 is 0 Å². The second-order valence-corrected chi connectivity index (χ2v) is 5.36. The van der Waals surface area contributed by atoms with Crippen molar-refractivity contribution in [3.8, 4) is 0 Å². The zero-order chi connectivity index (χ0) is 14.5. The van der Waals surface area contributed by atoms with E-state index >= 15 is 0 Å². The molecule has 2 rings (SSSR count). The highest BCUT2D eigenvalue weighted by Crippen LogP contribution is 2.13. The first-order valence-electron chi connectivity index (χ1n) is 6.61. The summed E-state index contributed by atoms with van der Waals surface area (Å²) in [5.41, 5.74) is 3.59. The molecule has 0 radical (unpaired) electrons. The van der Waals surface area contributed by atoms with Crippen molar-refractivity contribution in [2.45, 2.75) is 26.8 Å². The lowest BCUT2D eigenvalue weighted by Gasteiger charge is -2.17. The van der Waals surface area contributed by atoms with Crippen LogP contribution in [0.1, 0.15) is 29.7 Å². The zero-order valence-electron chi connectivity index (χ0n) is 12.0. The van der Waals surface area contributed by atoms with Crippen molar-refractivity contribution >= 4 is 23.1 Å². The van der Waals surface area contributed by atoms with E-state index in [0.717, 1.165) is 11.4 Å². The first-order chi connectivity index (χ1) is 9.54. The van der Waals surface area contributed by atoms with Crippen molar-refractivity contribution in [1.82, 2.24) is 10.3 Å². The highest BCUT2D eigenvalue weighted by Gasteiger charge is 2.07. The molecule has 1 heterocycles. The molecule has 104 valence electrons. The van der Waals surface area contributed by atoms with Crippen LogP contribution in [0.25, 0.3) is 0 Å². The molecule has 20 heavy (non-hydrogen) atoms. The van der Waals surface area contributed by atoms with Gasteiger partial charge < -0.3 is 10.6 Å². The highest BCUT2D eigenvalue weighted by atomic mass is 32.1. The van der Waals surface area contributed by atoms with E-state index in [1.807, 2.05) is 25.3 Å². The van der Waals surface area contributed by atoms with Crippen LogP contribution in [0.15, 0.2) is 42.6 Å². The van der Waals surface area contributed by atoms with Gasteiger partial charge in [-0.1, -0.05) is 35.9 Å². The van der Waals surface area contributed by atoms with Gasteiger partial charge in [0.25, 0.3) is 0 Å². The summed E-state index contributed by atoms with van der Waals surface area (Å²) in [6.07, 6.45) is 1.81. The zero-order valence-corrected chi connectivity index (χ0v) is 12.8. The highest BCUT2D eigenvalue weighted by molar-refractivity contribution is 7.80. The fraction of sp³-hybridized carbons (Fsp3) is 0.250. The molecule has 0 spiro atoms.